The van der Waals surface area contributed by atoms with E-state index < -0.39 is 0 Å². The Morgan fingerprint density at radius 3 is 3.13 bits per heavy atom. The van der Waals surface area contributed by atoms with Gasteiger partial charge in [-0.05, 0) is 50.8 Å². The highest BCUT2D eigenvalue weighted by Crippen LogP contribution is 2.44. The van der Waals surface area contributed by atoms with Crippen LogP contribution < -0.4 is 5.32 Å². The molecule has 80 valence electrons. The van der Waals surface area contributed by atoms with Crippen molar-refractivity contribution >= 4 is 0 Å². The fraction of sp³-hybridized carbons (Fsp3) is 0.667. The molecule has 0 radical (unpaired) electrons. The third kappa shape index (κ3) is 1.65. The zero-order valence-corrected chi connectivity index (χ0v) is 8.95. The molecular formula is C12H17N3. The molecule has 0 bridgehead atoms. The van der Waals surface area contributed by atoms with E-state index in [2.05, 4.69) is 21.6 Å². The third-order valence-corrected chi connectivity index (χ3v) is 3.95. The Morgan fingerprint density at radius 1 is 1.40 bits per heavy atom. The van der Waals surface area contributed by atoms with Crippen molar-refractivity contribution in [1.82, 2.24) is 15.5 Å². The standard InChI is InChI=1S/C12H17N3/c1-3-11(15-14-8-1)10-4-6-12(9-10)5-2-7-13-12/h1,3,8,10,13H,2,4-7,9H2. The summed E-state index contributed by atoms with van der Waals surface area (Å²) in [5.41, 5.74) is 1.63. The summed E-state index contributed by atoms with van der Waals surface area (Å²) in [5.74, 6) is 0.629. The number of nitrogens with one attached hydrogen (secondary N) is 1. The van der Waals surface area contributed by atoms with Crippen LogP contribution in [0.4, 0.5) is 0 Å². The molecule has 0 aromatic carbocycles. The summed E-state index contributed by atoms with van der Waals surface area (Å²) in [7, 11) is 0. The van der Waals surface area contributed by atoms with Gasteiger partial charge in [-0.25, -0.2) is 0 Å². The number of hydrogen-bond donors (Lipinski definition) is 1. The first kappa shape index (κ1) is 9.28. The van der Waals surface area contributed by atoms with Crippen molar-refractivity contribution in [3.05, 3.63) is 24.0 Å². The molecule has 0 amide bonds. The lowest BCUT2D eigenvalue weighted by Gasteiger charge is -2.23. The van der Waals surface area contributed by atoms with Crippen LogP contribution in [0, 0.1) is 0 Å². The molecule has 1 aromatic heterocycles. The second-order valence-corrected chi connectivity index (χ2v) is 4.90. The Morgan fingerprint density at radius 2 is 2.40 bits per heavy atom. The van der Waals surface area contributed by atoms with E-state index in [1.807, 2.05) is 6.07 Å². The van der Waals surface area contributed by atoms with Gasteiger partial charge in [0.1, 0.15) is 0 Å². The van der Waals surface area contributed by atoms with E-state index in [9.17, 15) is 0 Å². The molecule has 2 heterocycles. The van der Waals surface area contributed by atoms with Gasteiger partial charge in [0.05, 0.1) is 5.69 Å². The van der Waals surface area contributed by atoms with Gasteiger partial charge in [0, 0.05) is 17.7 Å². The van der Waals surface area contributed by atoms with Crippen LogP contribution >= 0.6 is 0 Å². The van der Waals surface area contributed by atoms with Crippen molar-refractivity contribution < 1.29 is 0 Å². The number of rotatable bonds is 1. The quantitative estimate of drug-likeness (QED) is 0.757. The van der Waals surface area contributed by atoms with Gasteiger partial charge >= 0.3 is 0 Å². The molecule has 1 saturated carbocycles. The third-order valence-electron chi connectivity index (χ3n) is 3.95. The Hall–Kier alpha value is -0.960. The number of nitrogens with zero attached hydrogens (tertiary/aromatic N) is 2. The van der Waals surface area contributed by atoms with Crippen LogP contribution in [0.3, 0.4) is 0 Å². The first-order chi connectivity index (χ1) is 7.38. The summed E-state index contributed by atoms with van der Waals surface area (Å²) in [6.07, 6.45) is 8.28. The summed E-state index contributed by atoms with van der Waals surface area (Å²) in [5, 5.41) is 11.9. The van der Waals surface area contributed by atoms with Gasteiger partial charge < -0.3 is 5.32 Å². The lowest BCUT2D eigenvalue weighted by atomic mass is 9.93. The Labute approximate surface area is 90.3 Å². The highest BCUT2D eigenvalue weighted by molar-refractivity contribution is 5.13. The Bertz CT molecular complexity index is 330. The second-order valence-electron chi connectivity index (χ2n) is 4.90. The molecule has 2 unspecified atom stereocenters. The van der Waals surface area contributed by atoms with Gasteiger partial charge in [-0.2, -0.15) is 10.2 Å². The second kappa shape index (κ2) is 3.56. The number of aromatic nitrogens is 2. The van der Waals surface area contributed by atoms with E-state index in [1.165, 1.54) is 44.3 Å². The largest absolute Gasteiger partial charge is 0.311 e. The van der Waals surface area contributed by atoms with Crippen LogP contribution in [0.1, 0.15) is 43.7 Å². The minimum absolute atomic E-state index is 0.447. The van der Waals surface area contributed by atoms with Crippen molar-refractivity contribution in [2.45, 2.75) is 43.6 Å². The van der Waals surface area contributed by atoms with E-state index >= 15 is 0 Å². The SMILES string of the molecule is c1cnnc(C2CCC3(CCCN3)C2)c1. The van der Waals surface area contributed by atoms with Crippen molar-refractivity contribution in [2.75, 3.05) is 6.54 Å². The summed E-state index contributed by atoms with van der Waals surface area (Å²) in [6, 6.07) is 4.11. The van der Waals surface area contributed by atoms with E-state index in [0.717, 1.165) is 0 Å². The summed E-state index contributed by atoms with van der Waals surface area (Å²) in [4.78, 5) is 0. The zero-order chi connectivity index (χ0) is 10.1. The van der Waals surface area contributed by atoms with Crippen molar-refractivity contribution in [3.8, 4) is 0 Å². The molecule has 2 fully saturated rings. The Kier molecular flexibility index (Phi) is 2.20. The molecule has 3 heteroatoms. The van der Waals surface area contributed by atoms with Crippen LogP contribution in [0.5, 0.6) is 0 Å². The van der Waals surface area contributed by atoms with Gasteiger partial charge in [0.15, 0.2) is 0 Å². The normalized spacial score (nSPS) is 35.1. The minimum Gasteiger partial charge on any atom is -0.311 e. The predicted molar refractivity (Wildman–Crippen MR) is 58.6 cm³/mol. The van der Waals surface area contributed by atoms with E-state index in [1.54, 1.807) is 6.20 Å². The average Bonchev–Trinajstić information content (AvgIpc) is 2.91. The smallest absolute Gasteiger partial charge is 0.0662 e. The zero-order valence-electron chi connectivity index (χ0n) is 8.95. The van der Waals surface area contributed by atoms with Gasteiger partial charge in [0.25, 0.3) is 0 Å². The molecule has 1 aliphatic heterocycles. The molecule has 15 heavy (non-hydrogen) atoms. The van der Waals surface area contributed by atoms with Crippen molar-refractivity contribution in [1.29, 1.82) is 0 Å². The van der Waals surface area contributed by atoms with Crippen molar-refractivity contribution in [2.24, 2.45) is 0 Å². The van der Waals surface area contributed by atoms with Gasteiger partial charge in [-0.3, -0.25) is 0 Å². The molecule has 1 spiro atoms. The monoisotopic (exact) mass is 203 g/mol. The molecule has 3 rings (SSSR count). The molecule has 2 atom stereocenters. The van der Waals surface area contributed by atoms with Gasteiger partial charge in [0.2, 0.25) is 0 Å². The van der Waals surface area contributed by atoms with Crippen LogP contribution in [0.15, 0.2) is 18.3 Å². The molecule has 1 saturated heterocycles. The Balaban J connectivity index is 1.76. The van der Waals surface area contributed by atoms with Gasteiger partial charge in [-0.15, -0.1) is 0 Å². The maximum atomic E-state index is 4.24. The highest BCUT2D eigenvalue weighted by atomic mass is 15.1. The highest BCUT2D eigenvalue weighted by Gasteiger charge is 2.41. The van der Waals surface area contributed by atoms with E-state index in [0.29, 0.717) is 11.5 Å². The molecule has 1 aromatic rings. The lowest BCUT2D eigenvalue weighted by Crippen LogP contribution is -2.36. The average molecular weight is 203 g/mol. The van der Waals surface area contributed by atoms with Crippen molar-refractivity contribution in [3.63, 3.8) is 0 Å². The van der Waals surface area contributed by atoms with Crippen LogP contribution in [0.25, 0.3) is 0 Å². The minimum atomic E-state index is 0.447. The van der Waals surface area contributed by atoms with Gasteiger partial charge in [-0.1, -0.05) is 0 Å². The lowest BCUT2D eigenvalue weighted by molar-refractivity contribution is 0.382. The summed E-state index contributed by atoms with van der Waals surface area (Å²) in [6.45, 7) is 1.20. The molecule has 1 aliphatic carbocycles. The molecule has 3 nitrogen and oxygen atoms in total. The first-order valence-electron chi connectivity index (χ1n) is 5.91. The summed E-state index contributed by atoms with van der Waals surface area (Å²) < 4.78 is 0. The summed E-state index contributed by atoms with van der Waals surface area (Å²) >= 11 is 0. The predicted octanol–water partition coefficient (Wildman–Crippen LogP) is 1.87. The fourth-order valence-corrected chi connectivity index (χ4v) is 3.17. The number of hydrogen-bond acceptors (Lipinski definition) is 3. The topological polar surface area (TPSA) is 37.8 Å². The van der Waals surface area contributed by atoms with Crippen LogP contribution in [-0.2, 0) is 0 Å². The molecule has 1 N–H and O–H groups in total. The maximum absolute atomic E-state index is 4.24. The van der Waals surface area contributed by atoms with Crippen LogP contribution in [-0.4, -0.2) is 22.3 Å². The first-order valence-corrected chi connectivity index (χ1v) is 5.91. The molecular weight excluding hydrogens is 186 g/mol. The van der Waals surface area contributed by atoms with E-state index in [4.69, 9.17) is 0 Å². The molecule has 2 aliphatic rings. The maximum Gasteiger partial charge on any atom is 0.0662 e. The van der Waals surface area contributed by atoms with E-state index in [-0.39, 0.29) is 0 Å². The van der Waals surface area contributed by atoms with Crippen LogP contribution in [0.2, 0.25) is 0 Å². The fourth-order valence-electron chi connectivity index (χ4n) is 3.17.